The molecule has 22 heavy (non-hydrogen) atoms. The van der Waals surface area contributed by atoms with E-state index in [0.29, 0.717) is 11.6 Å². The molecule has 2 aromatic carbocycles. The molecule has 0 radical (unpaired) electrons. The van der Waals surface area contributed by atoms with E-state index in [0.717, 1.165) is 16.7 Å². The van der Waals surface area contributed by atoms with E-state index in [-0.39, 0.29) is 6.61 Å². The van der Waals surface area contributed by atoms with Crippen LogP contribution in [0.15, 0.2) is 52.9 Å². The van der Waals surface area contributed by atoms with Gasteiger partial charge in [-0.1, -0.05) is 24.3 Å². The van der Waals surface area contributed by atoms with Crippen molar-refractivity contribution in [2.24, 2.45) is 0 Å². The highest BCUT2D eigenvalue weighted by atomic mass is 16.5. The number of hydrogen-bond acceptors (Lipinski definition) is 4. The van der Waals surface area contributed by atoms with E-state index in [9.17, 15) is 4.79 Å². The molecule has 0 saturated heterocycles. The highest BCUT2D eigenvalue weighted by Crippen LogP contribution is 2.18. The van der Waals surface area contributed by atoms with Crippen LogP contribution >= 0.6 is 0 Å². The maximum atomic E-state index is 10.4. The first-order chi connectivity index (χ1) is 10.7. The van der Waals surface area contributed by atoms with Crippen molar-refractivity contribution in [2.75, 3.05) is 6.61 Å². The monoisotopic (exact) mass is 295 g/mol. The lowest BCUT2D eigenvalue weighted by Gasteiger charge is -2.02. The number of aromatic nitrogens is 1. The Hall–Kier alpha value is -3.08. The van der Waals surface area contributed by atoms with Gasteiger partial charge in [0, 0.05) is 6.08 Å². The second-order valence-corrected chi connectivity index (χ2v) is 4.60. The Labute approximate surface area is 126 Å². The number of ether oxygens (including phenoxy) is 1. The molecular weight excluding hydrogens is 282 g/mol. The van der Waals surface area contributed by atoms with Crippen LogP contribution in [-0.4, -0.2) is 22.7 Å². The van der Waals surface area contributed by atoms with E-state index < -0.39 is 5.97 Å². The number of nitrogens with zero attached hydrogens (tertiary/aromatic N) is 1. The molecule has 110 valence electrons. The van der Waals surface area contributed by atoms with E-state index >= 15 is 0 Å². The van der Waals surface area contributed by atoms with E-state index in [1.165, 1.54) is 0 Å². The summed E-state index contributed by atoms with van der Waals surface area (Å²) in [5.41, 5.74) is 2.50. The van der Waals surface area contributed by atoms with E-state index in [1.807, 2.05) is 42.5 Å². The summed E-state index contributed by atoms with van der Waals surface area (Å²) in [4.78, 5) is 14.8. The summed E-state index contributed by atoms with van der Waals surface area (Å²) in [7, 11) is 0. The molecule has 0 saturated carbocycles. The minimum atomic E-state index is -1.00. The summed E-state index contributed by atoms with van der Waals surface area (Å²) in [6, 6.07) is 14.7. The van der Waals surface area contributed by atoms with E-state index in [1.54, 1.807) is 18.2 Å². The van der Waals surface area contributed by atoms with E-state index in [2.05, 4.69) is 4.98 Å². The molecule has 3 aromatic rings. The molecule has 1 heterocycles. The SMILES string of the molecule is O=C(O)COc1ccc(/C=C/c2nc3ccccc3o2)cc1. The van der Waals surface area contributed by atoms with Crippen molar-refractivity contribution in [2.45, 2.75) is 0 Å². The second-order valence-electron chi connectivity index (χ2n) is 4.60. The van der Waals surface area contributed by atoms with Crippen LogP contribution in [0.5, 0.6) is 5.75 Å². The smallest absolute Gasteiger partial charge is 0.341 e. The fourth-order valence-electron chi connectivity index (χ4n) is 1.95. The van der Waals surface area contributed by atoms with Crippen LogP contribution in [0, 0.1) is 0 Å². The highest BCUT2D eigenvalue weighted by molar-refractivity contribution is 5.76. The second kappa shape index (κ2) is 6.13. The van der Waals surface area contributed by atoms with E-state index in [4.69, 9.17) is 14.3 Å². The zero-order valence-electron chi connectivity index (χ0n) is 11.6. The van der Waals surface area contributed by atoms with Crippen LogP contribution in [0.3, 0.4) is 0 Å². The molecule has 0 aliphatic carbocycles. The fraction of sp³-hybridized carbons (Fsp3) is 0.0588. The molecule has 5 nitrogen and oxygen atoms in total. The zero-order valence-corrected chi connectivity index (χ0v) is 11.6. The Morgan fingerprint density at radius 2 is 1.91 bits per heavy atom. The number of carbonyl (C=O) groups is 1. The molecule has 0 bridgehead atoms. The minimum absolute atomic E-state index is 0.349. The third-order valence-electron chi connectivity index (χ3n) is 2.97. The van der Waals surface area contributed by atoms with Gasteiger partial charge in [0.05, 0.1) is 0 Å². The summed E-state index contributed by atoms with van der Waals surface area (Å²) in [6.45, 7) is -0.349. The van der Waals surface area contributed by atoms with Gasteiger partial charge >= 0.3 is 5.97 Å². The Balaban J connectivity index is 1.70. The molecular formula is C17H13NO4. The molecule has 0 aliphatic heterocycles. The quantitative estimate of drug-likeness (QED) is 0.780. The predicted molar refractivity (Wildman–Crippen MR) is 82.5 cm³/mol. The normalized spacial score (nSPS) is 11.1. The summed E-state index contributed by atoms with van der Waals surface area (Å²) in [5.74, 6) is 0.0498. The molecule has 1 N–H and O–H groups in total. The van der Waals surface area contributed by atoms with Gasteiger partial charge in [-0.2, -0.15) is 0 Å². The van der Waals surface area contributed by atoms with Gasteiger partial charge in [-0.3, -0.25) is 0 Å². The largest absolute Gasteiger partial charge is 0.482 e. The van der Waals surface area contributed by atoms with Crippen LogP contribution in [0.25, 0.3) is 23.3 Å². The van der Waals surface area contributed by atoms with Gasteiger partial charge in [0.25, 0.3) is 0 Å². The van der Waals surface area contributed by atoms with Crippen molar-refractivity contribution in [1.29, 1.82) is 0 Å². The van der Waals surface area contributed by atoms with Gasteiger partial charge < -0.3 is 14.3 Å². The minimum Gasteiger partial charge on any atom is -0.482 e. The molecule has 0 spiro atoms. The van der Waals surface area contributed by atoms with Gasteiger partial charge in [0.1, 0.15) is 11.3 Å². The summed E-state index contributed by atoms with van der Waals surface area (Å²) >= 11 is 0. The number of carboxylic acids is 1. The molecule has 3 rings (SSSR count). The molecule has 1 aromatic heterocycles. The molecule has 0 amide bonds. The average molecular weight is 295 g/mol. The molecule has 0 aliphatic rings. The van der Waals surface area contributed by atoms with Crippen molar-refractivity contribution in [3.8, 4) is 5.75 Å². The highest BCUT2D eigenvalue weighted by Gasteiger charge is 2.01. The first-order valence-corrected chi connectivity index (χ1v) is 6.69. The number of oxazole rings is 1. The van der Waals surface area contributed by atoms with Crippen molar-refractivity contribution in [3.05, 3.63) is 60.0 Å². The number of benzene rings is 2. The number of hydrogen-bond donors (Lipinski definition) is 1. The number of carboxylic acid groups (broad SMARTS) is 1. The predicted octanol–water partition coefficient (Wildman–Crippen LogP) is 3.46. The number of aliphatic carboxylic acids is 1. The summed E-state index contributed by atoms with van der Waals surface area (Å²) in [5, 5.41) is 8.55. The van der Waals surface area contributed by atoms with Crippen molar-refractivity contribution in [1.82, 2.24) is 4.98 Å². The van der Waals surface area contributed by atoms with Crippen molar-refractivity contribution in [3.63, 3.8) is 0 Å². The topological polar surface area (TPSA) is 72.6 Å². The lowest BCUT2D eigenvalue weighted by Crippen LogP contribution is -2.09. The van der Waals surface area contributed by atoms with Gasteiger partial charge in [-0.05, 0) is 35.9 Å². The van der Waals surface area contributed by atoms with Gasteiger partial charge in [-0.25, -0.2) is 9.78 Å². The Morgan fingerprint density at radius 3 is 2.64 bits per heavy atom. The van der Waals surface area contributed by atoms with Crippen LogP contribution in [0.4, 0.5) is 0 Å². The molecule has 0 fully saturated rings. The molecule has 0 atom stereocenters. The van der Waals surface area contributed by atoms with Crippen molar-refractivity contribution >= 4 is 29.2 Å². The van der Waals surface area contributed by atoms with Crippen molar-refractivity contribution < 1.29 is 19.1 Å². The van der Waals surface area contributed by atoms with Crippen LogP contribution in [0.2, 0.25) is 0 Å². The Morgan fingerprint density at radius 1 is 1.14 bits per heavy atom. The number of rotatable bonds is 5. The average Bonchev–Trinajstić information content (AvgIpc) is 2.95. The zero-order chi connectivity index (χ0) is 15.4. The third-order valence-corrected chi connectivity index (χ3v) is 2.97. The maximum Gasteiger partial charge on any atom is 0.341 e. The lowest BCUT2D eigenvalue weighted by atomic mass is 10.2. The Kier molecular flexibility index (Phi) is 3.87. The Bertz CT molecular complexity index is 785. The standard InChI is InChI=1S/C17H13NO4/c19-17(20)11-21-13-8-5-12(6-9-13)7-10-16-18-14-3-1-2-4-15(14)22-16/h1-10H,11H2,(H,19,20)/b10-7+. The lowest BCUT2D eigenvalue weighted by molar-refractivity contribution is -0.139. The van der Waals surface area contributed by atoms with Crippen LogP contribution in [-0.2, 0) is 4.79 Å². The van der Waals surface area contributed by atoms with Crippen LogP contribution in [0.1, 0.15) is 11.5 Å². The maximum absolute atomic E-state index is 10.4. The number of fused-ring (bicyclic) bond motifs is 1. The fourth-order valence-corrected chi connectivity index (χ4v) is 1.95. The summed E-state index contributed by atoms with van der Waals surface area (Å²) < 4.78 is 10.7. The van der Waals surface area contributed by atoms with Gasteiger partial charge in [0.15, 0.2) is 12.2 Å². The summed E-state index contributed by atoms with van der Waals surface area (Å²) in [6.07, 6.45) is 3.65. The molecule has 5 heteroatoms. The molecule has 0 unspecified atom stereocenters. The first kappa shape index (κ1) is 13.9. The van der Waals surface area contributed by atoms with Gasteiger partial charge in [-0.15, -0.1) is 0 Å². The van der Waals surface area contributed by atoms with Gasteiger partial charge in [0.2, 0.25) is 5.89 Å². The third kappa shape index (κ3) is 3.32. The first-order valence-electron chi connectivity index (χ1n) is 6.69. The number of para-hydroxylation sites is 2. The van der Waals surface area contributed by atoms with Crippen LogP contribution < -0.4 is 4.74 Å².